The SMILES string of the molecule is CCNC1C(Oc2cccc(C)c2)CCCC1(C)C. The van der Waals surface area contributed by atoms with Gasteiger partial charge in [-0.3, -0.25) is 0 Å². The molecule has 0 aliphatic heterocycles. The Labute approximate surface area is 117 Å². The van der Waals surface area contributed by atoms with Crippen molar-refractivity contribution in [2.45, 2.75) is 59.1 Å². The third kappa shape index (κ3) is 3.50. The van der Waals surface area contributed by atoms with E-state index in [9.17, 15) is 0 Å². The molecule has 2 unspecified atom stereocenters. The Morgan fingerprint density at radius 2 is 2.16 bits per heavy atom. The number of hydrogen-bond acceptors (Lipinski definition) is 2. The molecule has 2 heteroatoms. The van der Waals surface area contributed by atoms with Gasteiger partial charge in [-0.2, -0.15) is 0 Å². The van der Waals surface area contributed by atoms with Crippen molar-refractivity contribution in [2.24, 2.45) is 5.41 Å². The molecular formula is C17H27NO. The molecule has 0 heterocycles. The number of benzene rings is 1. The Balaban J connectivity index is 2.12. The first-order chi connectivity index (χ1) is 9.03. The molecule has 1 aliphatic rings. The smallest absolute Gasteiger partial charge is 0.120 e. The maximum atomic E-state index is 6.27. The molecule has 0 radical (unpaired) electrons. The summed E-state index contributed by atoms with van der Waals surface area (Å²) in [5, 5.41) is 3.63. The van der Waals surface area contributed by atoms with Crippen LogP contribution in [0.15, 0.2) is 24.3 Å². The van der Waals surface area contributed by atoms with E-state index in [4.69, 9.17) is 4.74 Å². The largest absolute Gasteiger partial charge is 0.489 e. The highest BCUT2D eigenvalue weighted by atomic mass is 16.5. The molecule has 1 aromatic rings. The first-order valence-corrected chi connectivity index (χ1v) is 7.49. The van der Waals surface area contributed by atoms with Crippen LogP contribution in [0, 0.1) is 12.3 Å². The fourth-order valence-electron chi connectivity index (χ4n) is 3.20. The molecular weight excluding hydrogens is 234 g/mol. The molecule has 1 saturated carbocycles. The highest BCUT2D eigenvalue weighted by Gasteiger charge is 2.39. The van der Waals surface area contributed by atoms with Crippen LogP contribution >= 0.6 is 0 Å². The van der Waals surface area contributed by atoms with Crippen LogP contribution in [0.2, 0.25) is 0 Å². The molecule has 2 rings (SSSR count). The van der Waals surface area contributed by atoms with Crippen molar-refractivity contribution in [3.8, 4) is 5.75 Å². The summed E-state index contributed by atoms with van der Waals surface area (Å²) in [6.45, 7) is 9.99. The Morgan fingerprint density at radius 3 is 2.84 bits per heavy atom. The number of aryl methyl sites for hydroxylation is 1. The number of rotatable bonds is 4. The summed E-state index contributed by atoms with van der Waals surface area (Å²) in [6.07, 6.45) is 3.96. The van der Waals surface area contributed by atoms with Crippen molar-refractivity contribution in [1.29, 1.82) is 0 Å². The molecule has 0 spiro atoms. The first kappa shape index (κ1) is 14.4. The highest BCUT2D eigenvalue weighted by Crippen LogP contribution is 2.37. The van der Waals surface area contributed by atoms with E-state index in [0.29, 0.717) is 11.5 Å². The van der Waals surface area contributed by atoms with Crippen LogP contribution in [-0.2, 0) is 0 Å². The van der Waals surface area contributed by atoms with Gasteiger partial charge in [0.1, 0.15) is 11.9 Å². The number of nitrogens with one attached hydrogen (secondary N) is 1. The molecule has 19 heavy (non-hydrogen) atoms. The van der Waals surface area contributed by atoms with Crippen LogP contribution in [0.1, 0.15) is 45.6 Å². The number of hydrogen-bond donors (Lipinski definition) is 1. The summed E-state index contributed by atoms with van der Waals surface area (Å²) in [7, 11) is 0. The normalized spacial score (nSPS) is 26.1. The van der Waals surface area contributed by atoms with Gasteiger partial charge >= 0.3 is 0 Å². The Kier molecular flexibility index (Phi) is 4.51. The molecule has 1 fully saturated rings. The summed E-state index contributed by atoms with van der Waals surface area (Å²) in [6, 6.07) is 8.81. The zero-order chi connectivity index (χ0) is 13.9. The van der Waals surface area contributed by atoms with Gasteiger partial charge in [0.2, 0.25) is 0 Å². The molecule has 1 aliphatic carbocycles. The highest BCUT2D eigenvalue weighted by molar-refractivity contribution is 5.27. The van der Waals surface area contributed by atoms with Gasteiger partial charge in [0.25, 0.3) is 0 Å². The third-order valence-corrected chi connectivity index (χ3v) is 4.22. The van der Waals surface area contributed by atoms with Gasteiger partial charge in [-0.15, -0.1) is 0 Å². The van der Waals surface area contributed by atoms with Gasteiger partial charge in [0.15, 0.2) is 0 Å². The van der Waals surface area contributed by atoms with Gasteiger partial charge in [-0.1, -0.05) is 32.9 Å². The minimum absolute atomic E-state index is 0.283. The molecule has 0 aromatic heterocycles. The predicted octanol–water partition coefficient (Wildman–Crippen LogP) is 3.93. The predicted molar refractivity (Wildman–Crippen MR) is 80.7 cm³/mol. The molecule has 1 aromatic carbocycles. The van der Waals surface area contributed by atoms with Crippen LogP contribution in [-0.4, -0.2) is 18.7 Å². The molecule has 2 nitrogen and oxygen atoms in total. The second-order valence-electron chi connectivity index (χ2n) is 6.39. The van der Waals surface area contributed by atoms with E-state index >= 15 is 0 Å². The van der Waals surface area contributed by atoms with Gasteiger partial charge < -0.3 is 10.1 Å². The second-order valence-corrected chi connectivity index (χ2v) is 6.39. The topological polar surface area (TPSA) is 21.3 Å². The Hall–Kier alpha value is -1.02. The van der Waals surface area contributed by atoms with Crippen molar-refractivity contribution in [3.05, 3.63) is 29.8 Å². The summed E-state index contributed by atoms with van der Waals surface area (Å²) >= 11 is 0. The van der Waals surface area contributed by atoms with Crippen molar-refractivity contribution in [1.82, 2.24) is 5.32 Å². The van der Waals surface area contributed by atoms with Crippen molar-refractivity contribution in [3.63, 3.8) is 0 Å². The molecule has 0 bridgehead atoms. The van der Waals surface area contributed by atoms with E-state index < -0.39 is 0 Å². The molecule has 0 saturated heterocycles. The number of likely N-dealkylation sites (N-methyl/N-ethyl adjacent to an activating group) is 1. The summed E-state index contributed by atoms with van der Waals surface area (Å²) < 4.78 is 6.27. The van der Waals surface area contributed by atoms with E-state index in [0.717, 1.165) is 18.7 Å². The first-order valence-electron chi connectivity index (χ1n) is 7.49. The maximum absolute atomic E-state index is 6.27. The van der Waals surface area contributed by atoms with E-state index in [2.05, 4.69) is 57.3 Å². The lowest BCUT2D eigenvalue weighted by Crippen LogP contribution is -2.54. The van der Waals surface area contributed by atoms with E-state index in [1.54, 1.807) is 0 Å². The Morgan fingerprint density at radius 1 is 1.37 bits per heavy atom. The Bertz CT molecular complexity index is 413. The lowest BCUT2D eigenvalue weighted by Gasteiger charge is -2.44. The lowest BCUT2D eigenvalue weighted by molar-refractivity contribution is 0.0372. The van der Waals surface area contributed by atoms with Crippen LogP contribution in [0.5, 0.6) is 5.75 Å². The molecule has 106 valence electrons. The lowest BCUT2D eigenvalue weighted by atomic mass is 9.71. The fraction of sp³-hybridized carbons (Fsp3) is 0.647. The maximum Gasteiger partial charge on any atom is 0.120 e. The molecule has 0 amide bonds. The van der Waals surface area contributed by atoms with Crippen LogP contribution < -0.4 is 10.1 Å². The van der Waals surface area contributed by atoms with Gasteiger partial charge in [-0.25, -0.2) is 0 Å². The van der Waals surface area contributed by atoms with Gasteiger partial charge in [0, 0.05) is 6.04 Å². The zero-order valence-electron chi connectivity index (χ0n) is 12.7. The summed E-state index contributed by atoms with van der Waals surface area (Å²) in [5.74, 6) is 1.01. The van der Waals surface area contributed by atoms with E-state index in [1.165, 1.54) is 18.4 Å². The number of ether oxygens (including phenoxy) is 1. The minimum Gasteiger partial charge on any atom is -0.489 e. The second kappa shape index (κ2) is 5.96. The zero-order valence-corrected chi connectivity index (χ0v) is 12.7. The van der Waals surface area contributed by atoms with Crippen molar-refractivity contribution in [2.75, 3.05) is 6.54 Å². The summed E-state index contributed by atoms with van der Waals surface area (Å²) in [4.78, 5) is 0. The standard InChI is InChI=1S/C17H27NO/c1-5-18-16-15(10-7-11-17(16,3)4)19-14-9-6-8-13(2)12-14/h6,8-9,12,15-16,18H,5,7,10-11H2,1-4H3. The monoisotopic (exact) mass is 261 g/mol. The van der Waals surface area contributed by atoms with Crippen molar-refractivity contribution >= 4 is 0 Å². The van der Waals surface area contributed by atoms with Crippen LogP contribution in [0.25, 0.3) is 0 Å². The average Bonchev–Trinajstić information content (AvgIpc) is 2.33. The van der Waals surface area contributed by atoms with Crippen molar-refractivity contribution < 1.29 is 4.74 Å². The third-order valence-electron chi connectivity index (χ3n) is 4.22. The van der Waals surface area contributed by atoms with E-state index in [1.807, 2.05) is 0 Å². The molecule has 2 atom stereocenters. The fourth-order valence-corrected chi connectivity index (χ4v) is 3.20. The van der Waals surface area contributed by atoms with Gasteiger partial charge in [-0.05, 0) is 55.8 Å². The van der Waals surface area contributed by atoms with Crippen LogP contribution in [0.4, 0.5) is 0 Å². The molecule has 1 N–H and O–H groups in total. The quantitative estimate of drug-likeness (QED) is 0.886. The van der Waals surface area contributed by atoms with E-state index in [-0.39, 0.29) is 6.10 Å². The van der Waals surface area contributed by atoms with Crippen LogP contribution in [0.3, 0.4) is 0 Å². The summed E-state index contributed by atoms with van der Waals surface area (Å²) in [5.41, 5.74) is 1.57. The van der Waals surface area contributed by atoms with Gasteiger partial charge in [0.05, 0.1) is 0 Å². The average molecular weight is 261 g/mol. The minimum atomic E-state index is 0.283.